The number of allylic oxidation sites excluding steroid dienone is 1. The topological polar surface area (TPSA) is 182 Å². The molecule has 1 saturated heterocycles. The van der Waals surface area contributed by atoms with Crippen LogP contribution in [0.2, 0.25) is 0 Å². The Kier molecular flexibility index (Phi) is 11.9. The highest BCUT2D eigenvalue weighted by Crippen LogP contribution is 2.46. The zero-order valence-corrected chi connectivity index (χ0v) is 34.7. The zero-order valence-electron chi connectivity index (χ0n) is 33.9. The smallest absolute Gasteiger partial charge is 0.407 e. The van der Waals surface area contributed by atoms with Gasteiger partial charge < -0.3 is 29.7 Å². The lowest BCUT2D eigenvalue weighted by atomic mass is 9.83. The quantitative estimate of drug-likeness (QED) is 0.223. The van der Waals surface area contributed by atoms with Gasteiger partial charge in [-0.05, 0) is 63.4 Å². The zero-order chi connectivity index (χ0) is 42.0. The first-order chi connectivity index (χ1) is 29.0. The maximum atomic E-state index is 15.0. The van der Waals surface area contributed by atoms with Gasteiger partial charge in [-0.2, -0.15) is 0 Å². The van der Waals surface area contributed by atoms with Crippen LogP contribution < -0.4 is 24.8 Å². The van der Waals surface area contributed by atoms with E-state index >= 15 is 0 Å². The number of alkyl carbamates (subject to hydrolysis) is 1. The number of rotatable bonds is 9. The fourth-order valence-corrected chi connectivity index (χ4v) is 10.3. The Labute approximate surface area is 350 Å². The number of fused-ring (bicyclic) bond motifs is 3. The van der Waals surface area contributed by atoms with Crippen molar-refractivity contribution in [3.8, 4) is 22.8 Å². The van der Waals surface area contributed by atoms with Crippen LogP contribution in [-0.2, 0) is 29.1 Å². The van der Waals surface area contributed by atoms with E-state index in [1.807, 2.05) is 60.7 Å². The van der Waals surface area contributed by atoms with Crippen LogP contribution in [0.1, 0.15) is 82.6 Å². The Bertz CT molecular complexity index is 2290. The molecule has 4 amide bonds. The third-order valence-electron chi connectivity index (χ3n) is 12.5. The van der Waals surface area contributed by atoms with Gasteiger partial charge >= 0.3 is 6.09 Å². The number of ether oxygens (including phenoxy) is 3. The lowest BCUT2D eigenvalue weighted by molar-refractivity contribution is -0.142. The van der Waals surface area contributed by atoms with Crippen molar-refractivity contribution in [1.82, 2.24) is 25.2 Å². The predicted molar refractivity (Wildman–Crippen MR) is 225 cm³/mol. The molecule has 4 fully saturated rings. The monoisotopic (exact) mass is 839 g/mol. The van der Waals surface area contributed by atoms with Gasteiger partial charge in [0, 0.05) is 41.0 Å². The van der Waals surface area contributed by atoms with Crippen molar-refractivity contribution in [2.24, 2.45) is 11.8 Å². The summed E-state index contributed by atoms with van der Waals surface area (Å²) < 4.78 is 46.2. The average molecular weight is 840 g/mol. The molecule has 3 saturated carbocycles. The first-order valence-electron chi connectivity index (χ1n) is 21.2. The van der Waals surface area contributed by atoms with Crippen LogP contribution in [0.15, 0.2) is 67.3 Å². The fourth-order valence-electron chi connectivity index (χ4n) is 8.91. The largest absolute Gasteiger partial charge is 0.496 e. The summed E-state index contributed by atoms with van der Waals surface area (Å²) in [5, 5.41) is 5.82. The highest BCUT2D eigenvalue weighted by Gasteiger charge is 2.62. The molecule has 5 aliphatic rings. The molecule has 5 atom stereocenters. The summed E-state index contributed by atoms with van der Waals surface area (Å²) in [6, 6.07) is 13.3. The van der Waals surface area contributed by atoms with Gasteiger partial charge in [-0.3, -0.25) is 19.1 Å². The van der Waals surface area contributed by atoms with E-state index in [1.54, 1.807) is 7.11 Å². The van der Waals surface area contributed by atoms with Crippen LogP contribution >= 0.6 is 0 Å². The van der Waals surface area contributed by atoms with E-state index in [9.17, 15) is 27.6 Å². The molecule has 3 aliphatic carbocycles. The summed E-state index contributed by atoms with van der Waals surface area (Å²) in [4.78, 5) is 63.1. The molecule has 1 aromatic heterocycles. The molecule has 0 radical (unpaired) electrons. The standard InChI is InChI=1S/C45H53N5O9S/c1-3-31-26-45(31,43(53)49-60(55,56)33-19-20-33)48-41(51)37-23-32-27-50(37)42(52)40(29-16-11-7-12-17-29)47-44(54)58-21-13-5-4-8-18-30-22-34-36(25-38(30)57-2)46-35(24-39(34)59-32)28-14-9-6-10-15-28/h3,6,8-10,14-15,18,22,24-25,29,31-33,37,40H,1,4-5,7,11-13,16-17,19-21,23,26-27H2,2H3,(H,47,54)(H,48,51)(H,49,53)/b18-8-/t31-,32-,37+,40+,45-/m1/s1. The Hall–Kier alpha value is -5.44. The number of hydrogen-bond acceptors (Lipinski definition) is 10. The van der Waals surface area contributed by atoms with Gasteiger partial charge in [0.1, 0.15) is 35.2 Å². The number of benzene rings is 2. The number of pyridine rings is 1. The minimum absolute atomic E-state index is 0.00951. The molecule has 4 bridgehead atoms. The highest BCUT2D eigenvalue weighted by atomic mass is 32.2. The first-order valence-corrected chi connectivity index (χ1v) is 22.7. The first kappa shape index (κ1) is 41.3. The van der Waals surface area contributed by atoms with Crippen LogP contribution in [0, 0.1) is 11.8 Å². The van der Waals surface area contributed by atoms with Gasteiger partial charge in [-0.15, -0.1) is 6.58 Å². The van der Waals surface area contributed by atoms with Gasteiger partial charge in [-0.25, -0.2) is 18.2 Å². The van der Waals surface area contributed by atoms with Crippen molar-refractivity contribution in [3.63, 3.8) is 0 Å². The summed E-state index contributed by atoms with van der Waals surface area (Å²) >= 11 is 0. The van der Waals surface area contributed by atoms with Crippen molar-refractivity contribution in [3.05, 3.63) is 72.8 Å². The van der Waals surface area contributed by atoms with Crippen molar-refractivity contribution in [2.45, 2.75) is 106 Å². The minimum atomic E-state index is -3.91. The number of sulfonamides is 1. The summed E-state index contributed by atoms with van der Waals surface area (Å²) in [7, 11) is -2.31. The molecule has 60 heavy (non-hydrogen) atoms. The van der Waals surface area contributed by atoms with Crippen LogP contribution in [0.4, 0.5) is 4.79 Å². The van der Waals surface area contributed by atoms with Crippen molar-refractivity contribution in [2.75, 3.05) is 20.3 Å². The molecule has 8 rings (SSSR count). The number of hydrogen-bond donors (Lipinski definition) is 3. The summed E-state index contributed by atoms with van der Waals surface area (Å²) in [6.45, 7) is 3.98. The maximum absolute atomic E-state index is 15.0. The van der Waals surface area contributed by atoms with E-state index < -0.39 is 68.7 Å². The Morgan fingerprint density at radius 2 is 1.82 bits per heavy atom. The molecule has 3 heterocycles. The van der Waals surface area contributed by atoms with Crippen LogP contribution in [0.25, 0.3) is 28.2 Å². The number of nitrogens with zero attached hydrogens (tertiary/aromatic N) is 2. The fraction of sp³-hybridized carbons (Fsp3) is 0.489. The van der Waals surface area contributed by atoms with Crippen LogP contribution in [0.3, 0.4) is 0 Å². The van der Waals surface area contributed by atoms with Crippen molar-refractivity contribution in [1.29, 1.82) is 0 Å². The van der Waals surface area contributed by atoms with Gasteiger partial charge in [0.05, 0.1) is 36.7 Å². The molecule has 318 valence electrons. The SMILES string of the molecule is C=C[C@@H]1C[C@]1(NC(=O)[C@@H]1C[C@@H]2CN1C(=O)[C@H](C1CCCCC1)NC(=O)OCCCC/C=C\c1cc3c(cc(-c4ccccc4)nc3cc1OC)O2)C(=O)NS(=O)(=O)C1CC1. The molecule has 15 heteroatoms. The third-order valence-corrected chi connectivity index (χ3v) is 14.4. The van der Waals surface area contributed by atoms with Crippen molar-refractivity contribution >= 4 is 50.8 Å². The molecule has 2 aromatic carbocycles. The van der Waals surface area contributed by atoms with Crippen molar-refractivity contribution < 1.29 is 41.8 Å². The molecular weight excluding hydrogens is 787 g/mol. The second-order valence-corrected chi connectivity index (χ2v) is 18.7. The van der Waals surface area contributed by atoms with E-state index in [1.165, 1.54) is 11.0 Å². The lowest BCUT2D eigenvalue weighted by Crippen LogP contribution is -2.59. The number of cyclic esters (lactones) is 1. The summed E-state index contributed by atoms with van der Waals surface area (Å²) in [6.07, 6.45) is 11.6. The normalized spacial score (nSPS) is 27.0. The molecule has 0 unspecified atom stereocenters. The van der Waals surface area contributed by atoms with Crippen LogP contribution in [-0.4, -0.2) is 91.4 Å². The van der Waals surface area contributed by atoms with Gasteiger partial charge in [0.2, 0.25) is 21.8 Å². The number of methoxy groups -OCH3 is 1. The molecule has 0 spiro atoms. The van der Waals surface area contributed by atoms with Gasteiger partial charge in [0.15, 0.2) is 0 Å². The number of amides is 4. The van der Waals surface area contributed by atoms with E-state index in [0.29, 0.717) is 60.2 Å². The average Bonchev–Trinajstić information content (AvgIpc) is 4.19. The van der Waals surface area contributed by atoms with Crippen LogP contribution in [0.5, 0.6) is 11.5 Å². The number of nitrogens with one attached hydrogen (secondary N) is 3. The van der Waals surface area contributed by atoms with E-state index in [-0.39, 0.29) is 31.9 Å². The Morgan fingerprint density at radius 3 is 2.53 bits per heavy atom. The third kappa shape index (κ3) is 8.72. The van der Waals surface area contributed by atoms with Gasteiger partial charge in [-0.1, -0.05) is 67.8 Å². The number of aromatic nitrogens is 1. The second kappa shape index (κ2) is 17.3. The summed E-state index contributed by atoms with van der Waals surface area (Å²) in [5.41, 5.74) is 1.39. The minimum Gasteiger partial charge on any atom is -0.496 e. The molecule has 3 aromatic rings. The van der Waals surface area contributed by atoms with E-state index in [4.69, 9.17) is 19.2 Å². The molecule has 2 aliphatic heterocycles. The molecular formula is C45H53N5O9S. The predicted octanol–water partition coefficient (Wildman–Crippen LogP) is 5.80. The molecule has 3 N–H and O–H groups in total. The Morgan fingerprint density at radius 1 is 1.03 bits per heavy atom. The van der Waals surface area contributed by atoms with Gasteiger partial charge in [0.25, 0.3) is 5.91 Å². The number of carbonyl (C=O) groups excluding carboxylic acids is 4. The lowest BCUT2D eigenvalue weighted by Gasteiger charge is -2.34. The van der Waals surface area contributed by atoms with E-state index in [0.717, 1.165) is 43.2 Å². The van der Waals surface area contributed by atoms with E-state index in [2.05, 4.69) is 21.9 Å². The number of carbonyl (C=O) groups is 4. The highest BCUT2D eigenvalue weighted by molar-refractivity contribution is 7.91. The Balaban J connectivity index is 1.18. The second-order valence-electron chi connectivity index (χ2n) is 16.7. The summed E-state index contributed by atoms with van der Waals surface area (Å²) in [5.74, 6) is -1.50. The molecule has 14 nitrogen and oxygen atoms in total. The maximum Gasteiger partial charge on any atom is 0.407 e.